The minimum Gasteiger partial charge on any atom is -0.493 e. The molecule has 0 bridgehead atoms. The zero-order valence-electron chi connectivity index (χ0n) is 16.6. The van der Waals surface area contributed by atoms with Crippen LogP contribution in [0.25, 0.3) is 0 Å². The van der Waals surface area contributed by atoms with E-state index in [2.05, 4.69) is 32.6 Å². The molecular formula is C20H35NO4. The summed E-state index contributed by atoms with van der Waals surface area (Å²) in [5.74, 6) is 2.45. The molecule has 0 aliphatic carbocycles. The first kappa shape index (κ1) is 21.7. The molecule has 0 heterocycles. The molecule has 25 heavy (non-hydrogen) atoms. The van der Waals surface area contributed by atoms with Crippen molar-refractivity contribution in [1.82, 2.24) is 4.90 Å². The molecule has 1 aromatic rings. The van der Waals surface area contributed by atoms with Crippen molar-refractivity contribution in [1.29, 1.82) is 0 Å². The van der Waals surface area contributed by atoms with Gasteiger partial charge in [-0.3, -0.25) is 4.90 Å². The largest absolute Gasteiger partial charge is 0.493 e. The van der Waals surface area contributed by atoms with Gasteiger partial charge in [0.05, 0.1) is 26.9 Å². The summed E-state index contributed by atoms with van der Waals surface area (Å²) in [6, 6.07) is 5.95. The molecule has 0 saturated heterocycles. The lowest BCUT2D eigenvalue weighted by molar-refractivity contribution is 0.00522. The Hall–Kier alpha value is -1.30. The lowest BCUT2D eigenvalue weighted by atomic mass is 10.1. The molecule has 1 rings (SSSR count). The second-order valence-electron chi connectivity index (χ2n) is 7.36. The molecule has 0 fully saturated rings. The highest BCUT2D eigenvalue weighted by molar-refractivity contribution is 5.42. The maximum atomic E-state index is 10.3. The van der Waals surface area contributed by atoms with E-state index in [-0.39, 0.29) is 0 Å². The molecular weight excluding hydrogens is 318 g/mol. The standard InChI is InChI=1S/C20H35NO4/c1-15(2)10-21(12-18(22)14-25-13-16(3)4)11-17-7-8-19(23-5)20(9-17)24-6/h7-9,15-16,18,22H,10-14H2,1-6H3/t18-/m1/s1. The fraction of sp³-hybridized carbons (Fsp3) is 0.700. The third-order valence-electron chi connectivity index (χ3n) is 3.71. The summed E-state index contributed by atoms with van der Waals surface area (Å²) >= 11 is 0. The van der Waals surface area contributed by atoms with E-state index in [1.807, 2.05) is 18.2 Å². The van der Waals surface area contributed by atoms with Crippen LogP contribution in [0.1, 0.15) is 33.3 Å². The minimum absolute atomic E-state index is 0.374. The summed E-state index contributed by atoms with van der Waals surface area (Å²) < 4.78 is 16.2. The number of aliphatic hydroxyl groups excluding tert-OH is 1. The monoisotopic (exact) mass is 353 g/mol. The van der Waals surface area contributed by atoms with Crippen LogP contribution in [0.5, 0.6) is 11.5 Å². The Balaban J connectivity index is 2.69. The number of hydrogen-bond acceptors (Lipinski definition) is 5. The van der Waals surface area contributed by atoms with Gasteiger partial charge in [-0.2, -0.15) is 0 Å². The highest BCUT2D eigenvalue weighted by atomic mass is 16.5. The number of nitrogens with zero attached hydrogens (tertiary/aromatic N) is 1. The predicted octanol–water partition coefficient (Wildman–Crippen LogP) is 3.20. The smallest absolute Gasteiger partial charge is 0.161 e. The van der Waals surface area contributed by atoms with Gasteiger partial charge in [-0.15, -0.1) is 0 Å². The summed E-state index contributed by atoms with van der Waals surface area (Å²) in [6.45, 7) is 11.9. The first-order chi connectivity index (χ1) is 11.8. The zero-order valence-corrected chi connectivity index (χ0v) is 16.6. The van der Waals surface area contributed by atoms with Gasteiger partial charge in [0.25, 0.3) is 0 Å². The van der Waals surface area contributed by atoms with Crippen LogP contribution in [0.2, 0.25) is 0 Å². The Bertz CT molecular complexity index is 491. The number of ether oxygens (including phenoxy) is 3. The molecule has 0 unspecified atom stereocenters. The summed E-state index contributed by atoms with van der Waals surface area (Å²) in [5.41, 5.74) is 1.13. The normalized spacial score (nSPS) is 12.9. The Morgan fingerprint density at radius 1 is 0.920 bits per heavy atom. The third kappa shape index (κ3) is 8.56. The Kier molecular flexibility index (Phi) is 9.86. The van der Waals surface area contributed by atoms with E-state index in [9.17, 15) is 5.11 Å². The van der Waals surface area contributed by atoms with Gasteiger partial charge in [0.2, 0.25) is 0 Å². The van der Waals surface area contributed by atoms with Crippen LogP contribution in [0, 0.1) is 11.8 Å². The van der Waals surface area contributed by atoms with Gasteiger partial charge in [-0.1, -0.05) is 33.8 Å². The fourth-order valence-electron chi connectivity index (χ4n) is 2.75. The molecule has 0 radical (unpaired) electrons. The minimum atomic E-state index is -0.488. The summed E-state index contributed by atoms with van der Waals surface area (Å²) in [4.78, 5) is 2.26. The molecule has 1 N–H and O–H groups in total. The third-order valence-corrected chi connectivity index (χ3v) is 3.71. The average molecular weight is 354 g/mol. The molecule has 0 spiro atoms. The van der Waals surface area contributed by atoms with Crippen molar-refractivity contribution < 1.29 is 19.3 Å². The van der Waals surface area contributed by atoms with Crippen molar-refractivity contribution in [3.8, 4) is 11.5 Å². The van der Waals surface area contributed by atoms with Crippen molar-refractivity contribution in [2.75, 3.05) is 40.5 Å². The summed E-state index contributed by atoms with van der Waals surface area (Å²) in [5, 5.41) is 10.3. The summed E-state index contributed by atoms with van der Waals surface area (Å²) in [6.07, 6.45) is -0.488. The highest BCUT2D eigenvalue weighted by Crippen LogP contribution is 2.28. The van der Waals surface area contributed by atoms with Crippen LogP contribution in [0.3, 0.4) is 0 Å². The molecule has 1 atom stereocenters. The van der Waals surface area contributed by atoms with Crippen molar-refractivity contribution in [3.05, 3.63) is 23.8 Å². The van der Waals surface area contributed by atoms with Crippen LogP contribution in [-0.4, -0.2) is 56.6 Å². The predicted molar refractivity (Wildman–Crippen MR) is 101 cm³/mol. The molecule has 5 heteroatoms. The van der Waals surface area contributed by atoms with Crippen LogP contribution in [0.4, 0.5) is 0 Å². The van der Waals surface area contributed by atoms with Gasteiger partial charge in [0.15, 0.2) is 11.5 Å². The fourth-order valence-corrected chi connectivity index (χ4v) is 2.75. The summed E-state index contributed by atoms with van der Waals surface area (Å²) in [7, 11) is 3.28. The first-order valence-corrected chi connectivity index (χ1v) is 9.04. The topological polar surface area (TPSA) is 51.2 Å². The van der Waals surface area contributed by atoms with Crippen molar-refractivity contribution >= 4 is 0 Å². The van der Waals surface area contributed by atoms with E-state index in [4.69, 9.17) is 14.2 Å². The molecule has 1 aromatic carbocycles. The number of aliphatic hydroxyl groups is 1. The van der Waals surface area contributed by atoms with E-state index in [1.54, 1.807) is 14.2 Å². The van der Waals surface area contributed by atoms with Crippen LogP contribution >= 0.6 is 0 Å². The van der Waals surface area contributed by atoms with Gasteiger partial charge < -0.3 is 19.3 Å². The second-order valence-corrected chi connectivity index (χ2v) is 7.36. The molecule has 0 aromatic heterocycles. The quantitative estimate of drug-likeness (QED) is 0.625. The second kappa shape index (κ2) is 11.3. The van der Waals surface area contributed by atoms with Gasteiger partial charge in [0, 0.05) is 26.2 Å². The SMILES string of the molecule is COc1ccc(CN(CC(C)C)C[C@@H](O)COCC(C)C)cc1OC. The van der Waals surface area contributed by atoms with Crippen LogP contribution in [0.15, 0.2) is 18.2 Å². The molecule has 0 aliphatic rings. The van der Waals surface area contributed by atoms with Gasteiger partial charge >= 0.3 is 0 Å². The van der Waals surface area contributed by atoms with E-state index in [0.29, 0.717) is 31.6 Å². The highest BCUT2D eigenvalue weighted by Gasteiger charge is 2.15. The molecule has 0 aliphatic heterocycles. The van der Waals surface area contributed by atoms with Crippen molar-refractivity contribution in [3.63, 3.8) is 0 Å². The Labute approximate surface area is 152 Å². The average Bonchev–Trinajstić information content (AvgIpc) is 2.53. The van der Waals surface area contributed by atoms with Gasteiger partial charge in [-0.05, 0) is 29.5 Å². The van der Waals surface area contributed by atoms with E-state index >= 15 is 0 Å². The van der Waals surface area contributed by atoms with Crippen molar-refractivity contribution in [2.24, 2.45) is 11.8 Å². The number of hydrogen-bond donors (Lipinski definition) is 1. The number of benzene rings is 1. The molecule has 5 nitrogen and oxygen atoms in total. The van der Waals surface area contributed by atoms with Crippen LogP contribution in [-0.2, 0) is 11.3 Å². The Morgan fingerprint density at radius 2 is 1.60 bits per heavy atom. The van der Waals surface area contributed by atoms with E-state index in [0.717, 1.165) is 30.2 Å². The maximum absolute atomic E-state index is 10.3. The maximum Gasteiger partial charge on any atom is 0.161 e. The lowest BCUT2D eigenvalue weighted by Gasteiger charge is -2.27. The zero-order chi connectivity index (χ0) is 18.8. The Morgan fingerprint density at radius 3 is 2.16 bits per heavy atom. The van der Waals surface area contributed by atoms with Gasteiger partial charge in [-0.25, -0.2) is 0 Å². The number of methoxy groups -OCH3 is 2. The van der Waals surface area contributed by atoms with E-state index in [1.165, 1.54) is 0 Å². The number of rotatable bonds is 12. The van der Waals surface area contributed by atoms with Crippen molar-refractivity contribution in [2.45, 2.75) is 40.3 Å². The lowest BCUT2D eigenvalue weighted by Crippen LogP contribution is -2.37. The van der Waals surface area contributed by atoms with Crippen LogP contribution < -0.4 is 9.47 Å². The molecule has 0 saturated carbocycles. The molecule has 144 valence electrons. The first-order valence-electron chi connectivity index (χ1n) is 9.04. The molecule has 0 amide bonds. The van der Waals surface area contributed by atoms with Gasteiger partial charge in [0.1, 0.15) is 0 Å². The van der Waals surface area contributed by atoms with E-state index < -0.39 is 6.10 Å².